The number of nitrogens with zero attached hydrogens (tertiary/aromatic N) is 4. The number of aromatic carboxylic acids is 1. The Bertz CT molecular complexity index is 835. The Balaban J connectivity index is 1.83. The molecule has 2 heterocycles. The number of methoxy groups -OCH3 is 1. The van der Waals surface area contributed by atoms with Crippen molar-refractivity contribution in [1.82, 2.24) is 15.2 Å². The summed E-state index contributed by atoms with van der Waals surface area (Å²) in [4.78, 5) is 17.6. The fourth-order valence-corrected chi connectivity index (χ4v) is 3.28. The molecule has 0 saturated carbocycles. The lowest BCUT2D eigenvalue weighted by molar-refractivity contribution is 0.0690. The molecule has 1 aliphatic heterocycles. The van der Waals surface area contributed by atoms with Gasteiger partial charge < -0.3 is 25.2 Å². The molecule has 0 spiro atoms. The summed E-state index contributed by atoms with van der Waals surface area (Å²) in [5, 5.41) is 30.0. The molecule has 1 aromatic heterocycles. The minimum absolute atomic E-state index is 0.0167. The van der Waals surface area contributed by atoms with E-state index in [4.69, 9.17) is 16.3 Å². The Hall–Kier alpha value is -2.65. The number of rotatable bonds is 7. The van der Waals surface area contributed by atoms with Gasteiger partial charge in [-0.3, -0.25) is 0 Å². The topological polar surface area (TPSA) is 121 Å². The highest BCUT2D eigenvalue weighted by atomic mass is 35.5. The molecule has 1 saturated heterocycles. The Labute approximate surface area is 161 Å². The van der Waals surface area contributed by atoms with Crippen LogP contribution in [0.15, 0.2) is 18.2 Å². The zero-order valence-corrected chi connectivity index (χ0v) is 15.5. The minimum Gasteiger partial charge on any atom is -0.495 e. The van der Waals surface area contributed by atoms with E-state index in [0.717, 1.165) is 18.4 Å². The highest BCUT2D eigenvalue weighted by Gasteiger charge is 2.28. The third-order valence-corrected chi connectivity index (χ3v) is 4.69. The predicted octanol–water partition coefficient (Wildman–Crippen LogP) is 1.80. The lowest BCUT2D eigenvalue weighted by atomic mass is 10.2. The number of aliphatic hydroxyl groups excluding tert-OH is 1. The summed E-state index contributed by atoms with van der Waals surface area (Å²) in [6.07, 6.45) is 1.73. The number of aliphatic hydroxyl groups is 1. The first-order valence-corrected chi connectivity index (χ1v) is 8.83. The van der Waals surface area contributed by atoms with Gasteiger partial charge >= 0.3 is 5.97 Å². The van der Waals surface area contributed by atoms with Gasteiger partial charge in [-0.05, 0) is 30.5 Å². The molecule has 0 aliphatic carbocycles. The van der Waals surface area contributed by atoms with Crippen LogP contribution < -0.4 is 15.0 Å². The molecule has 0 amide bonds. The van der Waals surface area contributed by atoms with Crippen LogP contribution in [0.5, 0.6) is 5.75 Å². The largest absolute Gasteiger partial charge is 0.495 e. The number of benzene rings is 1. The molecule has 10 heteroatoms. The van der Waals surface area contributed by atoms with Crippen molar-refractivity contribution in [3.63, 3.8) is 0 Å². The van der Waals surface area contributed by atoms with Gasteiger partial charge in [-0.1, -0.05) is 17.7 Å². The second kappa shape index (κ2) is 8.36. The van der Waals surface area contributed by atoms with E-state index in [9.17, 15) is 15.0 Å². The molecular weight excluding hydrogens is 374 g/mol. The first kappa shape index (κ1) is 19.1. The van der Waals surface area contributed by atoms with Crippen LogP contribution in [0.3, 0.4) is 0 Å². The second-order valence-electron chi connectivity index (χ2n) is 6.11. The van der Waals surface area contributed by atoms with E-state index < -0.39 is 5.97 Å². The fourth-order valence-electron chi connectivity index (χ4n) is 3.00. The van der Waals surface area contributed by atoms with Crippen LogP contribution >= 0.6 is 11.6 Å². The number of carboxylic acids is 1. The SMILES string of the molecule is COc1ccc(CNc2nc(N3CCCC3CO)nnc2C(=O)O)cc1Cl. The molecule has 144 valence electrons. The van der Waals surface area contributed by atoms with E-state index in [2.05, 4.69) is 20.5 Å². The van der Waals surface area contributed by atoms with Gasteiger partial charge in [0.05, 0.1) is 24.8 Å². The lowest BCUT2D eigenvalue weighted by Crippen LogP contribution is -2.34. The average molecular weight is 394 g/mol. The first-order chi connectivity index (χ1) is 13.0. The van der Waals surface area contributed by atoms with Crippen molar-refractivity contribution in [2.75, 3.05) is 30.5 Å². The van der Waals surface area contributed by atoms with Gasteiger partial charge in [0.2, 0.25) is 11.6 Å². The van der Waals surface area contributed by atoms with Gasteiger partial charge in [-0.2, -0.15) is 4.98 Å². The number of nitrogens with one attached hydrogen (secondary N) is 1. The van der Waals surface area contributed by atoms with Crippen molar-refractivity contribution in [2.45, 2.75) is 25.4 Å². The van der Waals surface area contributed by atoms with Crippen molar-refractivity contribution in [3.8, 4) is 5.75 Å². The lowest BCUT2D eigenvalue weighted by Gasteiger charge is -2.23. The van der Waals surface area contributed by atoms with Gasteiger partial charge in [0.15, 0.2) is 5.82 Å². The number of anilines is 2. The highest BCUT2D eigenvalue weighted by Crippen LogP contribution is 2.26. The van der Waals surface area contributed by atoms with E-state index in [-0.39, 0.29) is 24.2 Å². The highest BCUT2D eigenvalue weighted by molar-refractivity contribution is 6.32. The van der Waals surface area contributed by atoms with Crippen LogP contribution in [0.1, 0.15) is 28.9 Å². The third kappa shape index (κ3) is 4.20. The predicted molar refractivity (Wildman–Crippen MR) is 99.6 cm³/mol. The Morgan fingerprint density at radius 1 is 1.44 bits per heavy atom. The number of ether oxygens (including phenoxy) is 1. The molecule has 2 aromatic rings. The van der Waals surface area contributed by atoms with Crippen LogP contribution in [-0.4, -0.2) is 57.7 Å². The molecule has 1 aromatic carbocycles. The normalized spacial score (nSPS) is 16.4. The second-order valence-corrected chi connectivity index (χ2v) is 6.52. The van der Waals surface area contributed by atoms with E-state index in [0.29, 0.717) is 29.8 Å². The molecule has 0 bridgehead atoms. The molecule has 9 nitrogen and oxygen atoms in total. The van der Waals surface area contributed by atoms with Crippen molar-refractivity contribution in [2.24, 2.45) is 0 Å². The van der Waals surface area contributed by atoms with Gasteiger partial charge in [0, 0.05) is 13.1 Å². The number of aromatic nitrogens is 3. The smallest absolute Gasteiger partial charge is 0.360 e. The Kier molecular flexibility index (Phi) is 5.92. The zero-order chi connectivity index (χ0) is 19.4. The maximum absolute atomic E-state index is 11.5. The summed E-state index contributed by atoms with van der Waals surface area (Å²) in [5.41, 5.74) is 0.560. The minimum atomic E-state index is -1.23. The number of carboxylic acid groups (broad SMARTS) is 1. The molecule has 1 aliphatic rings. The van der Waals surface area contributed by atoms with E-state index in [1.165, 1.54) is 7.11 Å². The van der Waals surface area contributed by atoms with Crippen molar-refractivity contribution >= 4 is 29.3 Å². The molecule has 0 radical (unpaired) electrons. The maximum Gasteiger partial charge on any atom is 0.360 e. The molecule has 1 fully saturated rings. The molecular formula is C17H20ClN5O4. The van der Waals surface area contributed by atoms with Crippen LogP contribution in [-0.2, 0) is 6.54 Å². The van der Waals surface area contributed by atoms with E-state index >= 15 is 0 Å². The summed E-state index contributed by atoms with van der Waals surface area (Å²) in [7, 11) is 1.53. The fraction of sp³-hybridized carbons (Fsp3) is 0.412. The molecule has 1 unspecified atom stereocenters. The number of halogens is 1. The molecule has 27 heavy (non-hydrogen) atoms. The van der Waals surface area contributed by atoms with Gasteiger partial charge in [-0.25, -0.2) is 4.79 Å². The van der Waals surface area contributed by atoms with Crippen molar-refractivity contribution < 1.29 is 19.7 Å². The van der Waals surface area contributed by atoms with E-state index in [1.807, 2.05) is 11.0 Å². The van der Waals surface area contributed by atoms with E-state index in [1.54, 1.807) is 12.1 Å². The van der Waals surface area contributed by atoms with Crippen molar-refractivity contribution in [1.29, 1.82) is 0 Å². The summed E-state index contributed by atoms with van der Waals surface area (Å²) in [5.74, 6) is -0.256. The monoisotopic (exact) mass is 393 g/mol. The standard InChI is InChI=1S/C17H20ClN5O4/c1-27-13-5-4-10(7-12(13)18)8-19-15-14(16(25)26)21-22-17(20-15)23-6-2-3-11(23)9-24/h4-5,7,11,24H,2-3,6,8-9H2,1H3,(H,25,26)(H,19,20,22). The molecule has 3 N–H and O–H groups in total. The summed E-state index contributed by atoms with van der Waals surface area (Å²) in [6.45, 7) is 0.968. The van der Waals surface area contributed by atoms with Crippen LogP contribution in [0.2, 0.25) is 5.02 Å². The maximum atomic E-state index is 11.5. The van der Waals surface area contributed by atoms with Gasteiger partial charge in [0.1, 0.15) is 5.75 Å². The first-order valence-electron chi connectivity index (χ1n) is 8.45. The summed E-state index contributed by atoms with van der Waals surface area (Å²) >= 11 is 6.12. The zero-order valence-electron chi connectivity index (χ0n) is 14.7. The van der Waals surface area contributed by atoms with Gasteiger partial charge in [-0.15, -0.1) is 10.2 Å². The van der Waals surface area contributed by atoms with Crippen LogP contribution in [0.4, 0.5) is 11.8 Å². The number of hydrogen-bond acceptors (Lipinski definition) is 8. The van der Waals surface area contributed by atoms with Crippen LogP contribution in [0.25, 0.3) is 0 Å². The quantitative estimate of drug-likeness (QED) is 0.646. The summed E-state index contributed by atoms with van der Waals surface area (Å²) < 4.78 is 5.12. The van der Waals surface area contributed by atoms with Crippen LogP contribution in [0, 0.1) is 0 Å². The number of hydrogen-bond donors (Lipinski definition) is 3. The third-order valence-electron chi connectivity index (χ3n) is 4.40. The number of carbonyl (C=O) groups is 1. The van der Waals surface area contributed by atoms with Gasteiger partial charge in [0.25, 0.3) is 0 Å². The summed E-state index contributed by atoms with van der Waals surface area (Å²) in [6, 6.07) is 5.19. The molecule has 1 atom stereocenters. The Morgan fingerprint density at radius 2 is 2.26 bits per heavy atom. The average Bonchev–Trinajstić information content (AvgIpc) is 3.15. The van der Waals surface area contributed by atoms with Crippen molar-refractivity contribution in [3.05, 3.63) is 34.5 Å². The molecule has 3 rings (SSSR count). The Morgan fingerprint density at radius 3 is 2.93 bits per heavy atom.